The number of hydrogen-bond acceptors (Lipinski definition) is 6. The van der Waals surface area contributed by atoms with Gasteiger partial charge in [-0.15, -0.1) is 0 Å². The van der Waals surface area contributed by atoms with Crippen molar-refractivity contribution in [3.63, 3.8) is 0 Å². The largest absolute Gasteiger partial charge is 0.439 e. The minimum absolute atomic E-state index is 0.280. The van der Waals surface area contributed by atoms with E-state index in [1.54, 1.807) is 59.7 Å². The molecule has 1 aromatic carbocycles. The van der Waals surface area contributed by atoms with Gasteiger partial charge in [-0.05, 0) is 36.4 Å². The van der Waals surface area contributed by atoms with Gasteiger partial charge in [-0.1, -0.05) is 5.16 Å². The second-order valence-electron chi connectivity index (χ2n) is 5.35. The summed E-state index contributed by atoms with van der Waals surface area (Å²) in [4.78, 5) is 34.0. The van der Waals surface area contributed by atoms with Gasteiger partial charge in [-0.3, -0.25) is 18.9 Å². The topological polar surface area (TPSA) is 119 Å². The van der Waals surface area contributed by atoms with Crippen LogP contribution in [-0.2, 0) is 0 Å². The maximum absolute atomic E-state index is 12.3. The number of amides is 1. The van der Waals surface area contributed by atoms with Gasteiger partial charge < -0.3 is 5.32 Å². The number of benzene rings is 1. The Labute approximate surface area is 146 Å². The monoisotopic (exact) mass is 348 g/mol. The number of carbonyl (C=O) groups is 1. The minimum Gasteiger partial charge on any atom is -0.322 e. The highest BCUT2D eigenvalue weighted by Gasteiger charge is 2.09. The van der Waals surface area contributed by atoms with Gasteiger partial charge >= 0.3 is 5.76 Å². The second kappa shape index (κ2) is 6.48. The molecule has 9 heteroatoms. The van der Waals surface area contributed by atoms with Gasteiger partial charge in [-0.25, -0.2) is 14.8 Å². The Morgan fingerprint density at radius 2 is 2.00 bits per heavy atom. The zero-order chi connectivity index (χ0) is 17.9. The number of H-pyrrole nitrogens is 1. The predicted molar refractivity (Wildman–Crippen MR) is 91.9 cm³/mol. The third-order valence-corrected chi connectivity index (χ3v) is 3.64. The molecule has 0 fully saturated rings. The van der Waals surface area contributed by atoms with Gasteiger partial charge in [0.25, 0.3) is 5.91 Å². The number of rotatable bonds is 4. The number of aromatic amines is 1. The molecule has 0 atom stereocenters. The van der Waals surface area contributed by atoms with Crippen molar-refractivity contribution in [1.29, 1.82) is 0 Å². The summed E-state index contributed by atoms with van der Waals surface area (Å²) in [5.41, 5.74) is 1.70. The molecule has 0 spiro atoms. The van der Waals surface area contributed by atoms with E-state index in [0.29, 0.717) is 28.5 Å². The van der Waals surface area contributed by atoms with Crippen LogP contribution in [-0.4, -0.2) is 30.6 Å². The van der Waals surface area contributed by atoms with Crippen molar-refractivity contribution in [2.45, 2.75) is 0 Å². The fourth-order valence-electron chi connectivity index (χ4n) is 2.34. The molecule has 3 aromatic heterocycles. The summed E-state index contributed by atoms with van der Waals surface area (Å²) in [6.07, 6.45) is 6.55. The third kappa shape index (κ3) is 3.13. The van der Waals surface area contributed by atoms with Crippen LogP contribution in [0.3, 0.4) is 0 Å². The van der Waals surface area contributed by atoms with Crippen molar-refractivity contribution >= 4 is 11.6 Å². The van der Waals surface area contributed by atoms with E-state index in [1.807, 2.05) is 0 Å². The molecule has 0 aliphatic heterocycles. The molecular formula is C17H12N6O3. The Balaban J connectivity index is 1.46. The van der Waals surface area contributed by atoms with Gasteiger partial charge in [0.05, 0.1) is 5.56 Å². The lowest BCUT2D eigenvalue weighted by Gasteiger charge is -2.06. The Bertz CT molecular complexity index is 1080. The van der Waals surface area contributed by atoms with E-state index >= 15 is 0 Å². The van der Waals surface area contributed by atoms with Crippen molar-refractivity contribution < 1.29 is 9.32 Å². The zero-order valence-electron chi connectivity index (χ0n) is 13.3. The van der Waals surface area contributed by atoms with Crippen LogP contribution >= 0.6 is 0 Å². The normalized spacial score (nSPS) is 10.6. The lowest BCUT2D eigenvalue weighted by Crippen LogP contribution is -2.12. The average molecular weight is 348 g/mol. The smallest absolute Gasteiger partial charge is 0.322 e. The van der Waals surface area contributed by atoms with Gasteiger partial charge in [0.1, 0.15) is 12.1 Å². The number of hydrogen-bond donors (Lipinski definition) is 2. The molecule has 4 aromatic rings. The molecular weight excluding hydrogens is 336 g/mol. The van der Waals surface area contributed by atoms with Crippen molar-refractivity contribution in [3.05, 3.63) is 77.4 Å². The molecule has 0 saturated heterocycles. The SMILES string of the molecule is O=C(Nc1ccc(-c2noc(=O)[nH]2)cc1)c1ccc(-n2ccnc2)nc1. The van der Waals surface area contributed by atoms with Gasteiger partial charge in [0.15, 0.2) is 5.82 Å². The predicted octanol–water partition coefficient (Wildman–Crippen LogP) is 1.86. The number of imidazole rings is 1. The summed E-state index contributed by atoms with van der Waals surface area (Å²) in [7, 11) is 0. The van der Waals surface area contributed by atoms with Crippen LogP contribution in [0.1, 0.15) is 10.4 Å². The fourth-order valence-corrected chi connectivity index (χ4v) is 2.34. The van der Waals surface area contributed by atoms with E-state index < -0.39 is 5.76 Å². The van der Waals surface area contributed by atoms with Crippen molar-refractivity contribution in [3.8, 4) is 17.2 Å². The lowest BCUT2D eigenvalue weighted by atomic mass is 10.2. The first-order valence-electron chi connectivity index (χ1n) is 7.61. The molecule has 0 aliphatic carbocycles. The molecule has 3 heterocycles. The number of aromatic nitrogens is 5. The quantitative estimate of drug-likeness (QED) is 0.581. The molecule has 0 unspecified atom stereocenters. The molecule has 2 N–H and O–H groups in total. The summed E-state index contributed by atoms with van der Waals surface area (Å²) in [6.45, 7) is 0. The molecule has 26 heavy (non-hydrogen) atoms. The number of pyridine rings is 1. The number of nitrogens with one attached hydrogen (secondary N) is 2. The highest BCUT2D eigenvalue weighted by Crippen LogP contribution is 2.17. The molecule has 1 amide bonds. The van der Waals surface area contributed by atoms with E-state index in [9.17, 15) is 9.59 Å². The van der Waals surface area contributed by atoms with E-state index in [2.05, 4.69) is 29.9 Å². The number of carbonyl (C=O) groups excluding carboxylic acids is 1. The molecule has 0 radical (unpaired) electrons. The Morgan fingerprint density at radius 1 is 1.15 bits per heavy atom. The zero-order valence-corrected chi connectivity index (χ0v) is 13.3. The van der Waals surface area contributed by atoms with E-state index in [-0.39, 0.29) is 5.91 Å². The van der Waals surface area contributed by atoms with E-state index in [0.717, 1.165) is 0 Å². The summed E-state index contributed by atoms with van der Waals surface area (Å²) in [5, 5.41) is 6.39. The van der Waals surface area contributed by atoms with Crippen molar-refractivity contribution in [1.82, 2.24) is 24.7 Å². The minimum atomic E-state index is -0.621. The third-order valence-electron chi connectivity index (χ3n) is 3.64. The number of anilines is 1. The molecule has 9 nitrogen and oxygen atoms in total. The van der Waals surface area contributed by atoms with Crippen LogP contribution in [0.5, 0.6) is 0 Å². The summed E-state index contributed by atoms with van der Waals surface area (Å²) < 4.78 is 6.21. The van der Waals surface area contributed by atoms with Crippen molar-refractivity contribution in [2.24, 2.45) is 0 Å². The second-order valence-corrected chi connectivity index (χ2v) is 5.35. The van der Waals surface area contributed by atoms with Gasteiger partial charge in [0.2, 0.25) is 0 Å². The first-order valence-corrected chi connectivity index (χ1v) is 7.61. The highest BCUT2D eigenvalue weighted by molar-refractivity contribution is 6.04. The fraction of sp³-hybridized carbons (Fsp3) is 0. The molecule has 0 saturated carbocycles. The van der Waals surface area contributed by atoms with Gasteiger partial charge in [0, 0.05) is 29.8 Å². The summed E-state index contributed by atoms with van der Waals surface area (Å²) in [5.74, 6) is 0.0958. The first-order chi connectivity index (χ1) is 12.7. The molecule has 128 valence electrons. The van der Waals surface area contributed by atoms with Crippen LogP contribution in [0.4, 0.5) is 5.69 Å². The van der Waals surface area contributed by atoms with Gasteiger partial charge in [-0.2, -0.15) is 0 Å². The summed E-state index contributed by atoms with van der Waals surface area (Å²) in [6, 6.07) is 10.3. The maximum Gasteiger partial charge on any atom is 0.439 e. The lowest BCUT2D eigenvalue weighted by molar-refractivity contribution is 0.102. The first kappa shape index (κ1) is 15.5. The van der Waals surface area contributed by atoms with Crippen LogP contribution < -0.4 is 11.1 Å². The van der Waals surface area contributed by atoms with Crippen LogP contribution in [0.15, 0.2) is 70.6 Å². The Morgan fingerprint density at radius 3 is 2.62 bits per heavy atom. The number of nitrogens with zero attached hydrogens (tertiary/aromatic N) is 4. The molecule has 4 rings (SSSR count). The van der Waals surface area contributed by atoms with Crippen LogP contribution in [0, 0.1) is 0 Å². The van der Waals surface area contributed by atoms with Crippen LogP contribution in [0.25, 0.3) is 17.2 Å². The molecule has 0 bridgehead atoms. The maximum atomic E-state index is 12.3. The van der Waals surface area contributed by atoms with Crippen molar-refractivity contribution in [2.75, 3.05) is 5.32 Å². The standard InChI is InChI=1S/C17H12N6O3/c24-16(12-3-6-14(19-9-12)23-8-7-18-10-23)20-13-4-1-11(2-5-13)15-21-17(25)26-22-15/h1-10H,(H,20,24)(H,21,22,25). The average Bonchev–Trinajstić information content (AvgIpc) is 3.34. The molecule has 0 aliphatic rings. The summed E-state index contributed by atoms with van der Waals surface area (Å²) >= 11 is 0. The van der Waals surface area contributed by atoms with E-state index in [1.165, 1.54) is 6.20 Å². The van der Waals surface area contributed by atoms with E-state index in [4.69, 9.17) is 0 Å². The Hall–Kier alpha value is -4.01. The highest BCUT2D eigenvalue weighted by atomic mass is 16.5. The Kier molecular flexibility index (Phi) is 3.86. The van der Waals surface area contributed by atoms with Crippen LogP contribution in [0.2, 0.25) is 0 Å².